The zero-order valence-corrected chi connectivity index (χ0v) is 11.1. The fourth-order valence-electron chi connectivity index (χ4n) is 2.32. The Morgan fingerprint density at radius 2 is 2.05 bits per heavy atom. The topological polar surface area (TPSA) is 115 Å². The van der Waals surface area contributed by atoms with Crippen LogP contribution in [0.5, 0.6) is 0 Å². The summed E-state index contributed by atoms with van der Waals surface area (Å²) < 4.78 is 0. The Balaban J connectivity index is 2.13. The number of nitrogens with zero attached hydrogens (tertiary/aromatic N) is 1. The molecule has 0 aromatic heterocycles. The molecule has 6 N–H and O–H groups in total. The van der Waals surface area contributed by atoms with Gasteiger partial charge in [0.2, 0.25) is 11.8 Å². The molecule has 1 aromatic rings. The van der Waals surface area contributed by atoms with Gasteiger partial charge in [0, 0.05) is 24.0 Å². The molecule has 0 spiro atoms. The summed E-state index contributed by atoms with van der Waals surface area (Å²) in [6.07, 6.45) is 4.40. The summed E-state index contributed by atoms with van der Waals surface area (Å²) in [6, 6.07) is 4.55. The smallest absolute Gasteiger partial charge is 0.247 e. The molecular weight excluding hydrogens is 256 g/mol. The maximum atomic E-state index is 12.1. The minimum absolute atomic E-state index is 0.242. The number of carbonyl (C=O) groups is 2. The molecular formula is C14H18N4O2. The predicted octanol–water partition coefficient (Wildman–Crippen LogP) is 0.340. The van der Waals surface area contributed by atoms with Gasteiger partial charge in [0.1, 0.15) is 6.04 Å². The van der Waals surface area contributed by atoms with E-state index in [2.05, 4.69) is 0 Å². The highest BCUT2D eigenvalue weighted by Crippen LogP contribution is 2.20. The van der Waals surface area contributed by atoms with E-state index in [4.69, 9.17) is 17.2 Å². The van der Waals surface area contributed by atoms with Crippen LogP contribution in [0, 0.1) is 0 Å². The third-order valence-corrected chi connectivity index (χ3v) is 3.38. The van der Waals surface area contributed by atoms with Gasteiger partial charge in [0.25, 0.3) is 0 Å². The molecule has 2 rings (SSSR count). The largest absolute Gasteiger partial charge is 0.399 e. The molecule has 106 valence electrons. The van der Waals surface area contributed by atoms with Gasteiger partial charge < -0.3 is 22.1 Å². The molecule has 6 nitrogen and oxygen atoms in total. The van der Waals surface area contributed by atoms with Crippen molar-refractivity contribution in [3.8, 4) is 0 Å². The van der Waals surface area contributed by atoms with E-state index in [1.54, 1.807) is 24.3 Å². The molecule has 0 aliphatic carbocycles. The number of primary amides is 1. The monoisotopic (exact) mass is 274 g/mol. The van der Waals surface area contributed by atoms with Crippen molar-refractivity contribution in [1.82, 2.24) is 4.90 Å². The van der Waals surface area contributed by atoms with Crippen LogP contribution in [-0.4, -0.2) is 29.3 Å². The molecule has 1 saturated heterocycles. The van der Waals surface area contributed by atoms with E-state index in [9.17, 15) is 9.59 Å². The summed E-state index contributed by atoms with van der Waals surface area (Å²) in [5, 5.41) is 0. The molecule has 6 heteroatoms. The summed E-state index contributed by atoms with van der Waals surface area (Å²) >= 11 is 0. The van der Waals surface area contributed by atoms with Crippen molar-refractivity contribution >= 4 is 29.3 Å². The lowest BCUT2D eigenvalue weighted by atomic mass is 10.1. The third-order valence-electron chi connectivity index (χ3n) is 3.38. The van der Waals surface area contributed by atoms with Gasteiger partial charge in [-0.3, -0.25) is 9.59 Å². The number of carbonyl (C=O) groups excluding carboxylic acids is 2. The van der Waals surface area contributed by atoms with Gasteiger partial charge in [-0.1, -0.05) is 0 Å². The van der Waals surface area contributed by atoms with E-state index < -0.39 is 11.9 Å². The molecule has 1 unspecified atom stereocenters. The summed E-state index contributed by atoms with van der Waals surface area (Å²) in [4.78, 5) is 24.8. The van der Waals surface area contributed by atoms with Crippen LogP contribution in [0.15, 0.2) is 24.3 Å². The minimum atomic E-state index is -0.509. The summed E-state index contributed by atoms with van der Waals surface area (Å²) in [5.74, 6) is -0.708. The van der Waals surface area contributed by atoms with Gasteiger partial charge in [0.05, 0.1) is 0 Å². The fourth-order valence-corrected chi connectivity index (χ4v) is 2.32. The summed E-state index contributed by atoms with van der Waals surface area (Å²) in [6.45, 7) is 0.545. The number of nitrogens with two attached hydrogens (primary N) is 3. The van der Waals surface area contributed by atoms with Gasteiger partial charge in [-0.25, -0.2) is 0 Å². The minimum Gasteiger partial charge on any atom is -0.399 e. The lowest BCUT2D eigenvalue weighted by Crippen LogP contribution is -2.43. The maximum Gasteiger partial charge on any atom is 0.247 e. The quantitative estimate of drug-likeness (QED) is 0.544. The van der Waals surface area contributed by atoms with Crippen LogP contribution >= 0.6 is 0 Å². The molecule has 1 atom stereocenters. The SMILES string of the molecule is NC(=O)C1CCCN1C(=O)C=Cc1cc(N)ccc1N. The van der Waals surface area contributed by atoms with E-state index in [0.717, 1.165) is 6.42 Å². The number of likely N-dealkylation sites (tertiary alicyclic amines) is 1. The van der Waals surface area contributed by atoms with Crippen molar-refractivity contribution < 1.29 is 9.59 Å². The normalized spacial score (nSPS) is 18.6. The number of benzene rings is 1. The second kappa shape index (κ2) is 5.64. The number of amides is 2. The van der Waals surface area contributed by atoms with Crippen molar-refractivity contribution in [3.05, 3.63) is 29.8 Å². The first-order chi connectivity index (χ1) is 9.49. The lowest BCUT2D eigenvalue weighted by molar-refractivity contribution is -0.133. The zero-order chi connectivity index (χ0) is 14.7. The highest BCUT2D eigenvalue weighted by molar-refractivity contribution is 5.96. The van der Waals surface area contributed by atoms with Crippen LogP contribution < -0.4 is 17.2 Å². The van der Waals surface area contributed by atoms with Gasteiger partial charge in [0.15, 0.2) is 0 Å². The van der Waals surface area contributed by atoms with E-state index in [0.29, 0.717) is 29.9 Å². The van der Waals surface area contributed by atoms with E-state index in [-0.39, 0.29) is 5.91 Å². The Labute approximate surface area is 117 Å². The number of hydrogen-bond acceptors (Lipinski definition) is 4. The first kappa shape index (κ1) is 13.9. The molecule has 1 aliphatic rings. The number of hydrogen-bond donors (Lipinski definition) is 3. The van der Waals surface area contributed by atoms with E-state index in [1.807, 2.05) is 0 Å². The molecule has 2 amide bonds. The van der Waals surface area contributed by atoms with Crippen molar-refractivity contribution in [2.24, 2.45) is 5.73 Å². The van der Waals surface area contributed by atoms with Gasteiger partial charge in [-0.15, -0.1) is 0 Å². The zero-order valence-electron chi connectivity index (χ0n) is 11.1. The Hall–Kier alpha value is -2.50. The fraction of sp³-hybridized carbons (Fsp3) is 0.286. The molecule has 1 heterocycles. The molecule has 1 aromatic carbocycles. The molecule has 0 radical (unpaired) electrons. The van der Waals surface area contributed by atoms with E-state index in [1.165, 1.54) is 11.0 Å². The predicted molar refractivity (Wildman–Crippen MR) is 78.2 cm³/mol. The number of nitrogen functional groups attached to an aromatic ring is 2. The Morgan fingerprint density at radius 3 is 2.75 bits per heavy atom. The first-order valence-corrected chi connectivity index (χ1v) is 6.42. The Morgan fingerprint density at radius 1 is 1.30 bits per heavy atom. The Kier molecular flexibility index (Phi) is 3.93. The van der Waals surface area contributed by atoms with Crippen molar-refractivity contribution in [1.29, 1.82) is 0 Å². The first-order valence-electron chi connectivity index (χ1n) is 6.42. The number of anilines is 2. The highest BCUT2D eigenvalue weighted by atomic mass is 16.2. The average Bonchev–Trinajstić information content (AvgIpc) is 2.89. The molecule has 0 bridgehead atoms. The second-order valence-electron chi connectivity index (χ2n) is 4.81. The standard InChI is InChI=1S/C14H18N4O2/c15-10-4-5-11(16)9(8-10)3-6-13(19)18-7-1-2-12(18)14(17)20/h3-6,8,12H,1-2,7,15-16H2,(H2,17,20). The summed E-state index contributed by atoms with van der Waals surface area (Å²) in [7, 11) is 0. The van der Waals surface area contributed by atoms with Gasteiger partial charge in [-0.05, 0) is 42.7 Å². The molecule has 0 saturated carbocycles. The molecule has 20 heavy (non-hydrogen) atoms. The van der Waals surface area contributed by atoms with Crippen LogP contribution in [0.25, 0.3) is 6.08 Å². The number of rotatable bonds is 3. The third kappa shape index (κ3) is 2.90. The van der Waals surface area contributed by atoms with Gasteiger partial charge in [-0.2, -0.15) is 0 Å². The average molecular weight is 274 g/mol. The van der Waals surface area contributed by atoms with Crippen LogP contribution in [0.3, 0.4) is 0 Å². The summed E-state index contributed by atoms with van der Waals surface area (Å²) in [5.41, 5.74) is 18.5. The maximum absolute atomic E-state index is 12.1. The van der Waals surface area contributed by atoms with Crippen LogP contribution in [0.2, 0.25) is 0 Å². The van der Waals surface area contributed by atoms with Crippen molar-refractivity contribution in [2.75, 3.05) is 18.0 Å². The second-order valence-corrected chi connectivity index (χ2v) is 4.81. The van der Waals surface area contributed by atoms with E-state index >= 15 is 0 Å². The van der Waals surface area contributed by atoms with Crippen molar-refractivity contribution in [3.63, 3.8) is 0 Å². The Bertz CT molecular complexity index is 568. The van der Waals surface area contributed by atoms with Crippen LogP contribution in [0.4, 0.5) is 11.4 Å². The van der Waals surface area contributed by atoms with Crippen LogP contribution in [-0.2, 0) is 9.59 Å². The van der Waals surface area contributed by atoms with Crippen molar-refractivity contribution in [2.45, 2.75) is 18.9 Å². The molecule has 1 aliphatic heterocycles. The van der Waals surface area contributed by atoms with Crippen LogP contribution in [0.1, 0.15) is 18.4 Å². The lowest BCUT2D eigenvalue weighted by Gasteiger charge is -2.20. The molecule has 1 fully saturated rings. The highest BCUT2D eigenvalue weighted by Gasteiger charge is 2.31. The van der Waals surface area contributed by atoms with Gasteiger partial charge >= 0.3 is 0 Å².